The SMILES string of the molecule is O=C1C=CC(=O)C(CNC(=O)c2cc(-c3cccc4cccnc34)nc(-c3cccc4cccnc34)c2)=C1. The van der Waals surface area contributed by atoms with Gasteiger partial charge in [-0.2, -0.15) is 0 Å². The summed E-state index contributed by atoms with van der Waals surface area (Å²) in [4.78, 5) is 51.3. The summed E-state index contributed by atoms with van der Waals surface area (Å²) in [5, 5.41) is 4.69. The molecule has 38 heavy (non-hydrogen) atoms. The van der Waals surface area contributed by atoms with E-state index in [-0.39, 0.29) is 23.7 Å². The highest BCUT2D eigenvalue weighted by Gasteiger charge is 2.18. The number of benzene rings is 2. The highest BCUT2D eigenvalue weighted by Crippen LogP contribution is 2.31. The molecule has 1 N–H and O–H groups in total. The molecule has 3 heterocycles. The van der Waals surface area contributed by atoms with Crippen molar-refractivity contribution in [3.63, 3.8) is 0 Å². The lowest BCUT2D eigenvalue weighted by Gasteiger charge is -2.13. The fraction of sp³-hybridized carbons (Fsp3) is 0.0323. The van der Waals surface area contributed by atoms with Crippen molar-refractivity contribution in [1.82, 2.24) is 20.3 Å². The number of nitrogens with zero attached hydrogens (tertiary/aromatic N) is 3. The van der Waals surface area contributed by atoms with Crippen LogP contribution in [0.25, 0.3) is 44.3 Å². The lowest BCUT2D eigenvalue weighted by Crippen LogP contribution is -2.28. The fourth-order valence-corrected chi connectivity index (χ4v) is 4.53. The lowest BCUT2D eigenvalue weighted by molar-refractivity contribution is -0.114. The normalized spacial score (nSPS) is 13.1. The van der Waals surface area contributed by atoms with Gasteiger partial charge in [-0.15, -0.1) is 0 Å². The Labute approximate surface area is 217 Å². The predicted octanol–water partition coefficient (Wildman–Crippen LogP) is 4.88. The average molecular weight is 497 g/mol. The summed E-state index contributed by atoms with van der Waals surface area (Å²) in [6.07, 6.45) is 7.12. The second-order valence-corrected chi connectivity index (χ2v) is 8.84. The average Bonchev–Trinajstić information content (AvgIpc) is 2.96. The Bertz CT molecular complexity index is 1730. The van der Waals surface area contributed by atoms with Crippen LogP contribution in [0, 0.1) is 0 Å². The number of aromatic nitrogens is 3. The van der Waals surface area contributed by atoms with E-state index in [0.717, 1.165) is 32.9 Å². The van der Waals surface area contributed by atoms with Crippen LogP contribution in [-0.2, 0) is 9.59 Å². The number of ketones is 2. The number of para-hydroxylation sites is 2. The number of allylic oxidation sites excluding steroid dienone is 3. The third-order valence-corrected chi connectivity index (χ3v) is 6.38. The monoisotopic (exact) mass is 496 g/mol. The number of amides is 1. The minimum absolute atomic E-state index is 0.0631. The maximum atomic E-state index is 13.4. The molecule has 0 saturated heterocycles. The van der Waals surface area contributed by atoms with Gasteiger partial charge in [0.1, 0.15) is 0 Å². The highest BCUT2D eigenvalue weighted by atomic mass is 16.2. The number of hydrogen-bond donors (Lipinski definition) is 1. The Morgan fingerprint density at radius 1 is 0.737 bits per heavy atom. The Hall–Kier alpha value is -5.30. The summed E-state index contributed by atoms with van der Waals surface area (Å²) in [7, 11) is 0. The van der Waals surface area contributed by atoms with Crippen LogP contribution in [0.4, 0.5) is 0 Å². The van der Waals surface area contributed by atoms with Gasteiger partial charge in [-0.25, -0.2) is 4.98 Å². The molecule has 1 aliphatic rings. The van der Waals surface area contributed by atoms with Crippen molar-refractivity contribution in [3.05, 3.63) is 115 Å². The highest BCUT2D eigenvalue weighted by molar-refractivity contribution is 6.17. The van der Waals surface area contributed by atoms with Crippen LogP contribution in [0.3, 0.4) is 0 Å². The van der Waals surface area contributed by atoms with Gasteiger partial charge >= 0.3 is 0 Å². The number of nitrogens with one attached hydrogen (secondary N) is 1. The Morgan fingerprint density at radius 2 is 1.32 bits per heavy atom. The van der Waals surface area contributed by atoms with E-state index in [1.54, 1.807) is 24.5 Å². The fourth-order valence-electron chi connectivity index (χ4n) is 4.53. The molecule has 0 unspecified atom stereocenters. The predicted molar refractivity (Wildman–Crippen MR) is 145 cm³/mol. The minimum Gasteiger partial charge on any atom is -0.348 e. The number of carbonyl (C=O) groups is 3. The Kier molecular flexibility index (Phi) is 5.86. The zero-order chi connectivity index (χ0) is 26.1. The van der Waals surface area contributed by atoms with Crippen molar-refractivity contribution < 1.29 is 14.4 Å². The first-order valence-electron chi connectivity index (χ1n) is 12.0. The summed E-state index contributed by atoms with van der Waals surface area (Å²) < 4.78 is 0. The summed E-state index contributed by atoms with van der Waals surface area (Å²) in [5.41, 5.74) is 4.86. The van der Waals surface area contributed by atoms with E-state index >= 15 is 0 Å². The van der Waals surface area contributed by atoms with Gasteiger partial charge in [0.15, 0.2) is 11.6 Å². The third-order valence-electron chi connectivity index (χ3n) is 6.38. The van der Waals surface area contributed by atoms with E-state index in [1.165, 1.54) is 18.2 Å². The lowest BCUT2D eigenvalue weighted by atomic mass is 10.0. The number of rotatable bonds is 5. The van der Waals surface area contributed by atoms with Gasteiger partial charge in [0.2, 0.25) is 0 Å². The van der Waals surface area contributed by atoms with Gasteiger partial charge in [0.05, 0.1) is 22.4 Å². The van der Waals surface area contributed by atoms with E-state index in [1.807, 2.05) is 60.7 Å². The molecule has 7 nitrogen and oxygen atoms in total. The zero-order valence-electron chi connectivity index (χ0n) is 20.1. The molecule has 1 amide bonds. The first-order valence-corrected chi connectivity index (χ1v) is 12.0. The van der Waals surface area contributed by atoms with Gasteiger partial charge in [-0.3, -0.25) is 24.4 Å². The first kappa shape index (κ1) is 23.1. The van der Waals surface area contributed by atoms with E-state index in [9.17, 15) is 14.4 Å². The topological polar surface area (TPSA) is 102 Å². The molecule has 0 fully saturated rings. The smallest absolute Gasteiger partial charge is 0.251 e. The molecule has 0 radical (unpaired) electrons. The molecule has 6 rings (SSSR count). The summed E-state index contributed by atoms with van der Waals surface area (Å²) in [6, 6.07) is 22.8. The molecular weight excluding hydrogens is 476 g/mol. The second-order valence-electron chi connectivity index (χ2n) is 8.84. The molecule has 2 aromatic carbocycles. The molecule has 1 aliphatic carbocycles. The van der Waals surface area contributed by atoms with Crippen molar-refractivity contribution in [3.8, 4) is 22.5 Å². The third kappa shape index (κ3) is 4.37. The van der Waals surface area contributed by atoms with Crippen LogP contribution >= 0.6 is 0 Å². The van der Waals surface area contributed by atoms with Gasteiger partial charge in [0.25, 0.3) is 5.91 Å². The summed E-state index contributed by atoms with van der Waals surface area (Å²) >= 11 is 0. The Morgan fingerprint density at radius 3 is 1.92 bits per heavy atom. The number of pyridine rings is 3. The second kappa shape index (κ2) is 9.63. The maximum Gasteiger partial charge on any atom is 0.251 e. The van der Waals surface area contributed by atoms with Gasteiger partial charge in [-0.05, 0) is 42.5 Å². The molecule has 7 heteroatoms. The molecule has 0 aliphatic heterocycles. The van der Waals surface area contributed by atoms with Crippen LogP contribution in [0.1, 0.15) is 10.4 Å². The van der Waals surface area contributed by atoms with E-state index in [2.05, 4.69) is 15.3 Å². The van der Waals surface area contributed by atoms with E-state index in [4.69, 9.17) is 4.98 Å². The van der Waals surface area contributed by atoms with Crippen LogP contribution < -0.4 is 5.32 Å². The molecule has 0 bridgehead atoms. The van der Waals surface area contributed by atoms with Crippen LogP contribution in [0.2, 0.25) is 0 Å². The summed E-state index contributed by atoms with van der Waals surface area (Å²) in [6.45, 7) is -0.0631. The van der Waals surface area contributed by atoms with Crippen LogP contribution in [0.15, 0.2) is 109 Å². The van der Waals surface area contributed by atoms with Crippen molar-refractivity contribution in [1.29, 1.82) is 0 Å². The number of hydrogen-bond acceptors (Lipinski definition) is 6. The van der Waals surface area contributed by atoms with Crippen LogP contribution in [-0.4, -0.2) is 39.0 Å². The van der Waals surface area contributed by atoms with Gasteiger partial charge in [0, 0.05) is 52.0 Å². The Balaban J connectivity index is 1.47. The minimum atomic E-state index is -0.396. The molecule has 182 valence electrons. The van der Waals surface area contributed by atoms with Crippen molar-refractivity contribution in [2.75, 3.05) is 6.54 Å². The quantitative estimate of drug-likeness (QED) is 0.348. The largest absolute Gasteiger partial charge is 0.348 e. The molecular formula is C31H20N4O3. The number of fused-ring (bicyclic) bond motifs is 2. The van der Waals surface area contributed by atoms with Gasteiger partial charge in [-0.1, -0.05) is 48.5 Å². The zero-order valence-corrected chi connectivity index (χ0v) is 20.1. The standard InChI is InChI=1S/C31H20N4O3/c36-23-11-12-28(37)22(15-23)18-34-31(38)21-16-26(24-9-1-5-19-7-3-13-32-29(19)24)35-27(17-21)25-10-2-6-20-8-4-14-33-30(20)25/h1-17H,18H2,(H,34,38). The van der Waals surface area contributed by atoms with E-state index in [0.29, 0.717) is 17.0 Å². The van der Waals surface area contributed by atoms with Crippen molar-refractivity contribution in [2.24, 2.45) is 0 Å². The molecule has 0 saturated carbocycles. The van der Waals surface area contributed by atoms with E-state index < -0.39 is 5.91 Å². The van der Waals surface area contributed by atoms with Crippen LogP contribution in [0.5, 0.6) is 0 Å². The van der Waals surface area contributed by atoms with Crippen molar-refractivity contribution >= 4 is 39.3 Å². The molecule has 0 spiro atoms. The first-order chi connectivity index (χ1) is 18.6. The maximum absolute atomic E-state index is 13.4. The molecule has 5 aromatic rings. The summed E-state index contributed by atoms with van der Waals surface area (Å²) in [5.74, 6) is -0.981. The van der Waals surface area contributed by atoms with Crippen molar-refractivity contribution in [2.45, 2.75) is 0 Å². The molecule has 0 atom stereocenters. The molecule has 3 aromatic heterocycles. The number of carbonyl (C=O) groups excluding carboxylic acids is 3. The van der Waals surface area contributed by atoms with Gasteiger partial charge < -0.3 is 5.32 Å².